The van der Waals surface area contributed by atoms with Gasteiger partial charge in [0.05, 0.1) is 21.2 Å². The van der Waals surface area contributed by atoms with Gasteiger partial charge in [-0.15, -0.1) is 0 Å². The zero-order chi connectivity index (χ0) is 55.9. The van der Waals surface area contributed by atoms with Gasteiger partial charge < -0.3 is 43.1 Å². The molecule has 78 heavy (non-hydrogen) atoms. The smallest absolute Gasteiger partial charge is 0.305 e. The van der Waals surface area contributed by atoms with Crippen molar-refractivity contribution < 1.29 is 44.9 Å². The number of hydrogen-bond donors (Lipinski definition) is 2. The van der Waals surface area contributed by atoms with Crippen molar-refractivity contribution in [1.82, 2.24) is 0 Å². The molecule has 0 amide bonds. The molecule has 0 aromatic heterocycles. The normalized spacial score (nSPS) is 15.3. The summed E-state index contributed by atoms with van der Waals surface area (Å²) >= 11 is 4.77. The Morgan fingerprint density at radius 3 is 1.29 bits per heavy atom. The Kier molecular flexibility index (Phi) is 27.7. The van der Waals surface area contributed by atoms with Gasteiger partial charge in [0.2, 0.25) is 12.4 Å². The standard InChI is InChI=1S/C11H9FN2O2.C11H10FN.C11H9N5O2.C11H13N3.C8H6FN.C3H6I2.CH3.Pd.H2/c1-13-11(5-2-6-11)8-3-4-9(12)10(7-8)14(15)16;1-13-11(7-2-8-11)9-3-5-10(12)6-4-9;1-13-11(5-2-6-11)8-3-4-9(14-15-12)10(7-8)16(17)18;1-14-11(5-2-6-11)8-3-4-9(12)10(13)7-8;1-10-6-7-2-4-8(9)5-3-7;4-2-1-3-5;;;/h3-4,7H,2,5-6H2;3-6H,2,7-8H2;3-4,7H,2,5-6H2;3-4,7H,2,5-6,12-13H2;2-5H,6H2;1-3H2;1H3;;1H/q;;;;;;-1;;. The molecular formula is C56H58F3I2N12O4Pd-. The monoisotopic (exact) mass is 1380 g/mol. The van der Waals surface area contributed by atoms with Gasteiger partial charge in [0.1, 0.15) is 17.3 Å². The Hall–Kier alpha value is -6.83. The average molecular weight is 1380 g/mol. The van der Waals surface area contributed by atoms with Crippen LogP contribution in [0.2, 0.25) is 0 Å². The van der Waals surface area contributed by atoms with E-state index in [0.29, 0.717) is 54.7 Å². The van der Waals surface area contributed by atoms with Crippen LogP contribution in [-0.4, -0.2) is 18.7 Å². The molecule has 412 valence electrons. The maximum absolute atomic E-state index is 13.1. The molecule has 0 atom stereocenters. The molecule has 4 saturated carbocycles. The number of hydrogen-bond acceptors (Lipinski definition) is 7. The zero-order valence-corrected chi connectivity index (χ0v) is 48.5. The fourth-order valence-electron chi connectivity index (χ4n) is 8.30. The summed E-state index contributed by atoms with van der Waals surface area (Å²) in [5.41, 5.74) is 22.2. The summed E-state index contributed by atoms with van der Waals surface area (Å²) in [7, 11) is 0. The van der Waals surface area contributed by atoms with Gasteiger partial charge in [0.25, 0.3) is 27.8 Å². The van der Waals surface area contributed by atoms with Crippen LogP contribution in [0.1, 0.15) is 113 Å². The van der Waals surface area contributed by atoms with Crippen molar-refractivity contribution in [2.75, 3.05) is 20.3 Å². The minimum atomic E-state index is -0.854. The van der Waals surface area contributed by atoms with Crippen molar-refractivity contribution >= 4 is 73.6 Å². The average Bonchev–Trinajstić information content (AvgIpc) is 3.35. The molecule has 9 rings (SSSR count). The van der Waals surface area contributed by atoms with E-state index in [0.717, 1.165) is 74.1 Å². The molecule has 0 spiro atoms. The van der Waals surface area contributed by atoms with Crippen LogP contribution in [0.25, 0.3) is 34.7 Å². The van der Waals surface area contributed by atoms with E-state index < -0.39 is 32.4 Å². The molecular weight excluding hydrogens is 1320 g/mol. The topological polar surface area (TPSA) is 209 Å². The fraction of sp³-hybridized carbons (Fsp3) is 0.357. The predicted octanol–water partition coefficient (Wildman–Crippen LogP) is 17.3. The third kappa shape index (κ3) is 17.3. The molecule has 0 saturated heterocycles. The van der Waals surface area contributed by atoms with Crippen LogP contribution in [0.3, 0.4) is 0 Å². The molecule has 4 aliphatic rings. The van der Waals surface area contributed by atoms with Gasteiger partial charge in [-0.3, -0.25) is 20.2 Å². The molecule has 4 fully saturated rings. The van der Waals surface area contributed by atoms with Gasteiger partial charge in [-0.1, -0.05) is 56.4 Å². The SMILES string of the molecule is ICCCI.[C-]#[N+]C1(c2ccc(F)c([N+](=O)[O-])c2)CCC1.[C-]#[N+]C1(c2ccc(F)cc2)CCC1.[C-]#[N+]C1(c2ccc(N)c(N)c2)CCC1.[C-]#[N+]C1(c2ccc(N=[N+]=[N-])c([N+](=O)[O-])c2)CCC1.[C-]#[N+]Cc1ccc(F)cc1.[CH3-].[HH].[Pd]. The maximum atomic E-state index is 13.1. The molecule has 0 radical (unpaired) electrons. The molecule has 0 aliphatic heterocycles. The van der Waals surface area contributed by atoms with E-state index in [2.05, 4.69) is 79.4 Å². The van der Waals surface area contributed by atoms with E-state index in [1.165, 1.54) is 63.8 Å². The van der Waals surface area contributed by atoms with E-state index in [4.69, 9.17) is 49.9 Å². The van der Waals surface area contributed by atoms with Crippen molar-refractivity contribution in [1.29, 1.82) is 0 Å². The molecule has 5 aromatic carbocycles. The van der Waals surface area contributed by atoms with E-state index >= 15 is 0 Å². The summed E-state index contributed by atoms with van der Waals surface area (Å²) in [4.78, 5) is 40.4. The molecule has 16 nitrogen and oxygen atoms in total. The van der Waals surface area contributed by atoms with Crippen molar-refractivity contribution in [2.45, 2.75) is 112 Å². The second-order valence-corrected chi connectivity index (χ2v) is 20.2. The molecule has 0 heterocycles. The van der Waals surface area contributed by atoms with Crippen LogP contribution < -0.4 is 11.5 Å². The number of nitrogens with zero attached hydrogens (tertiary/aromatic N) is 10. The van der Waals surface area contributed by atoms with Crippen molar-refractivity contribution in [3.8, 4) is 0 Å². The maximum Gasteiger partial charge on any atom is 0.305 e. The Labute approximate surface area is 496 Å². The van der Waals surface area contributed by atoms with Crippen LogP contribution in [0.4, 0.5) is 41.6 Å². The van der Waals surface area contributed by atoms with E-state index in [9.17, 15) is 33.4 Å². The molecule has 22 heteroatoms. The van der Waals surface area contributed by atoms with Crippen LogP contribution in [0.5, 0.6) is 0 Å². The summed E-state index contributed by atoms with van der Waals surface area (Å²) in [5.74, 6) is -1.34. The zero-order valence-electron chi connectivity index (χ0n) is 42.6. The molecule has 5 aromatic rings. The van der Waals surface area contributed by atoms with Crippen molar-refractivity contribution in [3.63, 3.8) is 0 Å². The van der Waals surface area contributed by atoms with Gasteiger partial charge in [-0.05, 0) is 123 Å². The number of nitro benzene ring substituents is 2. The molecule has 4 aliphatic carbocycles. The van der Waals surface area contributed by atoms with Crippen LogP contribution in [-0.2, 0) is 49.1 Å². The number of nitrogen functional groups attached to an aromatic ring is 2. The van der Waals surface area contributed by atoms with Gasteiger partial charge >= 0.3 is 5.69 Å². The largest absolute Gasteiger partial charge is 0.397 e. The summed E-state index contributed by atoms with van der Waals surface area (Å²) in [6.45, 7) is 35.6. The fourth-order valence-corrected chi connectivity index (χ4v) is 10.5. The van der Waals surface area contributed by atoms with E-state index in [1.807, 2.05) is 12.1 Å². The Morgan fingerprint density at radius 2 is 0.949 bits per heavy atom. The number of benzene rings is 5. The number of nitrogens with two attached hydrogens (primary N) is 2. The van der Waals surface area contributed by atoms with E-state index in [-0.39, 0.29) is 63.4 Å². The quantitative estimate of drug-likeness (QED) is 0.0133. The number of azide groups is 1. The number of alkyl halides is 2. The van der Waals surface area contributed by atoms with E-state index in [1.54, 1.807) is 36.4 Å². The summed E-state index contributed by atoms with van der Waals surface area (Å²) in [6, 6.07) is 25.9. The second-order valence-electron chi connectivity index (χ2n) is 18.1. The van der Waals surface area contributed by atoms with Gasteiger partial charge in [0.15, 0.2) is 0 Å². The van der Waals surface area contributed by atoms with Crippen molar-refractivity contribution in [2.24, 2.45) is 5.11 Å². The summed E-state index contributed by atoms with van der Waals surface area (Å²) in [5, 5.41) is 24.8. The van der Waals surface area contributed by atoms with Crippen LogP contribution in [0.15, 0.2) is 108 Å². The first-order valence-corrected chi connectivity index (χ1v) is 26.9. The Morgan fingerprint density at radius 1 is 0.577 bits per heavy atom. The third-order valence-electron chi connectivity index (χ3n) is 13.6. The number of rotatable bonds is 10. The first-order valence-electron chi connectivity index (χ1n) is 23.8. The van der Waals surface area contributed by atoms with Gasteiger partial charge in [-0.25, -0.2) is 41.6 Å². The summed E-state index contributed by atoms with van der Waals surface area (Å²) in [6.07, 6.45) is 12.0. The number of anilines is 2. The Bertz CT molecular complexity index is 3100. The number of halogens is 5. The second kappa shape index (κ2) is 32.2. The third-order valence-corrected chi connectivity index (χ3v) is 15.1. The number of nitro groups is 2. The summed E-state index contributed by atoms with van der Waals surface area (Å²) < 4.78 is 40.6. The molecule has 0 unspecified atom stereocenters. The minimum Gasteiger partial charge on any atom is -0.397 e. The molecule has 0 bridgehead atoms. The predicted molar refractivity (Wildman–Crippen MR) is 313 cm³/mol. The van der Waals surface area contributed by atoms with Gasteiger partial charge in [0, 0.05) is 127 Å². The van der Waals surface area contributed by atoms with Crippen molar-refractivity contribution in [3.05, 3.63) is 244 Å². The minimum absolute atomic E-state index is 0. The Balaban J connectivity index is 0.000000483. The molecule has 4 N–H and O–H groups in total. The van der Waals surface area contributed by atoms with Crippen LogP contribution in [0, 0.1) is 78.0 Å². The van der Waals surface area contributed by atoms with Gasteiger partial charge in [-0.2, -0.15) is 4.39 Å². The first-order chi connectivity index (χ1) is 36.4. The van der Waals surface area contributed by atoms with Crippen LogP contribution >= 0.6 is 45.2 Å². The first kappa shape index (κ1) is 67.3.